The van der Waals surface area contributed by atoms with E-state index in [9.17, 15) is 18.8 Å². The van der Waals surface area contributed by atoms with Crippen LogP contribution in [0.4, 0.5) is 15.8 Å². The maximum atomic E-state index is 13.2. The summed E-state index contributed by atoms with van der Waals surface area (Å²) in [5, 5.41) is 5.65. The summed E-state index contributed by atoms with van der Waals surface area (Å²) >= 11 is 0. The van der Waals surface area contributed by atoms with Crippen LogP contribution >= 0.6 is 0 Å². The molecule has 9 heteroatoms. The molecule has 2 heterocycles. The summed E-state index contributed by atoms with van der Waals surface area (Å²) in [7, 11) is 0. The second-order valence-electron chi connectivity index (χ2n) is 9.20. The zero-order valence-electron chi connectivity index (χ0n) is 20.2. The molecule has 2 fully saturated rings. The van der Waals surface area contributed by atoms with Gasteiger partial charge < -0.3 is 20.4 Å². The van der Waals surface area contributed by atoms with Crippen LogP contribution < -0.4 is 15.5 Å². The number of piperazine rings is 2. The van der Waals surface area contributed by atoms with Gasteiger partial charge in [0.15, 0.2) is 0 Å². The number of nitrogens with zero attached hydrogens (tertiary/aromatic N) is 3. The van der Waals surface area contributed by atoms with E-state index in [1.807, 2.05) is 32.0 Å². The molecule has 4 rings (SSSR count). The third-order valence-electron chi connectivity index (χ3n) is 6.61. The monoisotopic (exact) mass is 481 g/mol. The van der Waals surface area contributed by atoms with Gasteiger partial charge in [-0.3, -0.25) is 19.3 Å². The van der Waals surface area contributed by atoms with Crippen LogP contribution in [0.1, 0.15) is 17.5 Å². The van der Waals surface area contributed by atoms with Gasteiger partial charge >= 0.3 is 0 Å². The van der Waals surface area contributed by atoms with Gasteiger partial charge in [-0.25, -0.2) is 4.39 Å². The number of benzene rings is 2. The van der Waals surface area contributed by atoms with Crippen molar-refractivity contribution in [2.75, 3.05) is 56.0 Å². The van der Waals surface area contributed by atoms with Crippen LogP contribution in [-0.2, 0) is 14.4 Å². The van der Waals surface area contributed by atoms with Crippen LogP contribution in [0.25, 0.3) is 0 Å². The summed E-state index contributed by atoms with van der Waals surface area (Å²) in [6.07, 6.45) is -0.0940. The summed E-state index contributed by atoms with van der Waals surface area (Å²) in [6, 6.07) is 11.3. The van der Waals surface area contributed by atoms with Crippen molar-refractivity contribution in [1.29, 1.82) is 0 Å². The maximum absolute atomic E-state index is 13.2. The molecule has 2 aliphatic rings. The van der Waals surface area contributed by atoms with E-state index in [0.717, 1.165) is 29.9 Å². The predicted octanol–water partition coefficient (Wildman–Crippen LogP) is 1.92. The summed E-state index contributed by atoms with van der Waals surface area (Å²) < 4.78 is 13.2. The number of carbonyl (C=O) groups excluding carboxylic acids is 3. The number of nitrogens with one attached hydrogen (secondary N) is 2. The van der Waals surface area contributed by atoms with Gasteiger partial charge in [0.1, 0.15) is 11.9 Å². The number of carbonyl (C=O) groups is 3. The number of hydrogen-bond acceptors (Lipinski definition) is 5. The average molecular weight is 482 g/mol. The molecule has 0 aromatic heterocycles. The fourth-order valence-electron chi connectivity index (χ4n) is 4.65. The molecule has 1 atom stereocenters. The minimum Gasteiger partial charge on any atom is -0.369 e. The van der Waals surface area contributed by atoms with E-state index in [1.54, 1.807) is 12.1 Å². The minimum absolute atomic E-state index is 0.0940. The van der Waals surface area contributed by atoms with Crippen molar-refractivity contribution in [1.82, 2.24) is 15.1 Å². The van der Waals surface area contributed by atoms with Crippen molar-refractivity contribution in [3.63, 3.8) is 0 Å². The fraction of sp³-hybridized carbons (Fsp3) is 0.423. The number of halogens is 1. The van der Waals surface area contributed by atoms with Gasteiger partial charge in [-0.15, -0.1) is 0 Å². The second-order valence-corrected chi connectivity index (χ2v) is 9.20. The summed E-state index contributed by atoms with van der Waals surface area (Å²) in [6.45, 7) is 7.66. The van der Waals surface area contributed by atoms with E-state index in [-0.39, 0.29) is 36.5 Å². The highest BCUT2D eigenvalue weighted by atomic mass is 19.1. The Balaban J connectivity index is 1.33. The van der Waals surface area contributed by atoms with Crippen LogP contribution in [0.15, 0.2) is 42.5 Å². The Labute approximate surface area is 205 Å². The van der Waals surface area contributed by atoms with E-state index in [4.69, 9.17) is 0 Å². The Kier molecular flexibility index (Phi) is 7.65. The van der Waals surface area contributed by atoms with Gasteiger partial charge in [0.25, 0.3) is 0 Å². The fourth-order valence-corrected chi connectivity index (χ4v) is 4.65. The molecule has 8 nitrogen and oxygen atoms in total. The first-order valence-corrected chi connectivity index (χ1v) is 12.0. The van der Waals surface area contributed by atoms with E-state index < -0.39 is 6.04 Å². The molecule has 2 N–H and O–H groups in total. The molecule has 2 aromatic carbocycles. The van der Waals surface area contributed by atoms with E-state index >= 15 is 0 Å². The molecular weight excluding hydrogens is 449 g/mol. The quantitative estimate of drug-likeness (QED) is 0.659. The van der Waals surface area contributed by atoms with Crippen LogP contribution in [-0.4, -0.2) is 79.4 Å². The molecule has 2 saturated heterocycles. The highest BCUT2D eigenvalue weighted by Crippen LogP contribution is 2.19. The molecule has 0 saturated carbocycles. The lowest BCUT2D eigenvalue weighted by Crippen LogP contribution is -2.60. The first kappa shape index (κ1) is 24.7. The minimum atomic E-state index is -0.831. The summed E-state index contributed by atoms with van der Waals surface area (Å²) in [5.74, 6) is -1.02. The summed E-state index contributed by atoms with van der Waals surface area (Å²) in [5.41, 5.74) is 3.70. The largest absolute Gasteiger partial charge is 0.369 e. The Morgan fingerprint density at radius 3 is 2.43 bits per heavy atom. The molecule has 0 unspecified atom stereocenters. The lowest BCUT2D eigenvalue weighted by molar-refractivity contribution is -0.145. The van der Waals surface area contributed by atoms with E-state index in [0.29, 0.717) is 31.9 Å². The van der Waals surface area contributed by atoms with Crippen molar-refractivity contribution in [3.05, 3.63) is 59.4 Å². The van der Waals surface area contributed by atoms with Crippen molar-refractivity contribution in [3.8, 4) is 0 Å². The Bertz CT molecular complexity index is 1080. The van der Waals surface area contributed by atoms with E-state index in [2.05, 4.69) is 20.4 Å². The molecule has 3 amide bonds. The molecule has 2 aliphatic heterocycles. The van der Waals surface area contributed by atoms with Gasteiger partial charge in [-0.2, -0.15) is 0 Å². The topological polar surface area (TPSA) is 85.0 Å². The normalized spacial score (nSPS) is 18.8. The third-order valence-corrected chi connectivity index (χ3v) is 6.61. The van der Waals surface area contributed by atoms with Gasteiger partial charge in [0.05, 0.1) is 13.0 Å². The molecule has 0 radical (unpaired) electrons. The maximum Gasteiger partial charge on any atom is 0.243 e. The number of anilines is 2. The van der Waals surface area contributed by atoms with Gasteiger partial charge in [-0.1, -0.05) is 17.7 Å². The van der Waals surface area contributed by atoms with Crippen molar-refractivity contribution in [2.24, 2.45) is 0 Å². The molecule has 35 heavy (non-hydrogen) atoms. The molecule has 0 aliphatic carbocycles. The van der Waals surface area contributed by atoms with E-state index in [1.165, 1.54) is 17.0 Å². The predicted molar refractivity (Wildman–Crippen MR) is 133 cm³/mol. The van der Waals surface area contributed by atoms with Crippen molar-refractivity contribution < 1.29 is 18.8 Å². The van der Waals surface area contributed by atoms with Crippen LogP contribution in [0.3, 0.4) is 0 Å². The van der Waals surface area contributed by atoms with Crippen molar-refractivity contribution >= 4 is 29.1 Å². The first-order valence-electron chi connectivity index (χ1n) is 12.0. The third kappa shape index (κ3) is 6.16. The number of aryl methyl sites for hydroxylation is 2. The Hall–Kier alpha value is -3.46. The number of rotatable bonds is 6. The number of hydrogen-bond donors (Lipinski definition) is 2. The highest BCUT2D eigenvalue weighted by Gasteiger charge is 2.35. The van der Waals surface area contributed by atoms with Gasteiger partial charge in [0, 0.05) is 50.6 Å². The lowest BCUT2D eigenvalue weighted by Gasteiger charge is -2.39. The number of amides is 3. The molecular formula is C26H32FN5O3. The SMILES string of the molecule is Cc1ccc(NC(=O)C[C@@H]2C(=O)NCCN2C(=O)CN2CCN(c3ccc(F)cc3)CC2)c(C)c1. The molecule has 2 aromatic rings. The summed E-state index contributed by atoms with van der Waals surface area (Å²) in [4.78, 5) is 44.3. The standard InChI is InChI=1S/C26H32FN5O3/c1-18-3-8-22(19(2)15-18)29-24(33)16-23-26(35)28-9-10-32(23)25(34)17-30-11-13-31(14-12-30)21-6-4-20(27)5-7-21/h3-8,15,23H,9-14,16-17H2,1-2H3,(H,28,35)(H,29,33)/t23-/m1/s1. The van der Waals surface area contributed by atoms with Crippen LogP contribution in [0.5, 0.6) is 0 Å². The highest BCUT2D eigenvalue weighted by molar-refractivity contribution is 5.98. The Morgan fingerprint density at radius 2 is 1.74 bits per heavy atom. The van der Waals surface area contributed by atoms with Gasteiger partial charge in [-0.05, 0) is 49.7 Å². The molecule has 186 valence electrons. The smallest absolute Gasteiger partial charge is 0.243 e. The van der Waals surface area contributed by atoms with Crippen molar-refractivity contribution in [2.45, 2.75) is 26.3 Å². The average Bonchev–Trinajstić information content (AvgIpc) is 2.83. The molecule has 0 bridgehead atoms. The first-order chi connectivity index (χ1) is 16.8. The molecule has 0 spiro atoms. The van der Waals surface area contributed by atoms with Crippen LogP contribution in [0.2, 0.25) is 0 Å². The zero-order chi connectivity index (χ0) is 24.9. The zero-order valence-corrected chi connectivity index (χ0v) is 20.2. The van der Waals surface area contributed by atoms with Gasteiger partial charge in [0.2, 0.25) is 17.7 Å². The Morgan fingerprint density at radius 1 is 1.03 bits per heavy atom. The second kappa shape index (κ2) is 10.9. The lowest BCUT2D eigenvalue weighted by atomic mass is 10.1. The van der Waals surface area contributed by atoms with Crippen LogP contribution in [0, 0.1) is 19.7 Å².